The fraction of sp³-hybridized carbons (Fsp3) is 0.250. The van der Waals surface area contributed by atoms with E-state index in [-0.39, 0.29) is 0 Å². The van der Waals surface area contributed by atoms with Crippen LogP contribution < -0.4 is 5.32 Å². The highest BCUT2D eigenvalue weighted by Crippen LogP contribution is 2.20. The third-order valence-corrected chi connectivity index (χ3v) is 2.79. The van der Waals surface area contributed by atoms with Crippen LogP contribution in [-0.2, 0) is 5.79 Å². The summed E-state index contributed by atoms with van der Waals surface area (Å²) in [7, 11) is 1.91. The van der Waals surface area contributed by atoms with Gasteiger partial charge in [0.2, 0.25) is 0 Å². The molecule has 3 heteroatoms. The molecule has 2 aromatic rings. The lowest BCUT2D eigenvalue weighted by Gasteiger charge is -2.19. The maximum Gasteiger partial charge on any atom is 0.189 e. The molecule has 3 N–H and O–H groups in total. The molecule has 0 heterocycles. The molecule has 0 saturated heterocycles. The number of nitrogens with one attached hydrogen (secondary N) is 1. The van der Waals surface area contributed by atoms with Gasteiger partial charge in [0.05, 0.1) is 0 Å². The van der Waals surface area contributed by atoms with Crippen molar-refractivity contribution in [2.75, 3.05) is 12.4 Å². The van der Waals surface area contributed by atoms with Crippen LogP contribution in [-0.4, -0.2) is 17.3 Å². The van der Waals surface area contributed by atoms with Crippen molar-refractivity contribution in [3.05, 3.63) is 66.2 Å². The monoisotopic (exact) mass is 259 g/mol. The Morgan fingerprint density at radius 3 is 1.74 bits per heavy atom. The highest BCUT2D eigenvalue weighted by molar-refractivity contribution is 5.41. The summed E-state index contributed by atoms with van der Waals surface area (Å²) in [5.74, 6) is -1.67. The second-order valence-electron chi connectivity index (χ2n) is 4.15. The van der Waals surface area contributed by atoms with Gasteiger partial charge in [-0.05, 0) is 12.1 Å². The van der Waals surface area contributed by atoms with Gasteiger partial charge in [0.1, 0.15) is 0 Å². The van der Waals surface area contributed by atoms with E-state index in [2.05, 4.69) is 5.32 Å². The summed E-state index contributed by atoms with van der Waals surface area (Å²) in [5, 5.41) is 21.7. The van der Waals surface area contributed by atoms with Gasteiger partial charge >= 0.3 is 0 Å². The van der Waals surface area contributed by atoms with E-state index in [4.69, 9.17) is 0 Å². The number of hydrogen-bond donors (Lipinski definition) is 3. The largest absolute Gasteiger partial charge is 0.388 e. The Bertz CT molecular complexity index is 455. The van der Waals surface area contributed by atoms with Crippen LogP contribution in [0.3, 0.4) is 0 Å². The summed E-state index contributed by atoms with van der Waals surface area (Å²) in [6.45, 7) is 1.73. The summed E-state index contributed by atoms with van der Waals surface area (Å²) >= 11 is 0. The standard InChI is InChI=1S/C9H12O2.C7H9N/c1-2-9(10,11)8-6-4-3-5-7-8;1-8-7-5-3-2-4-6-7/h3-7,10-11H,2H2,1H3;2-6,8H,1H3. The molecular weight excluding hydrogens is 238 g/mol. The number of benzene rings is 2. The lowest BCUT2D eigenvalue weighted by Crippen LogP contribution is -2.23. The number of rotatable bonds is 3. The van der Waals surface area contributed by atoms with E-state index in [1.807, 2.05) is 43.4 Å². The SMILES string of the molecule is CCC(O)(O)c1ccccc1.CNc1ccccc1. The van der Waals surface area contributed by atoms with Gasteiger partial charge in [-0.25, -0.2) is 0 Å². The molecule has 0 unspecified atom stereocenters. The molecule has 0 atom stereocenters. The molecule has 0 amide bonds. The van der Waals surface area contributed by atoms with Crippen LogP contribution >= 0.6 is 0 Å². The third-order valence-electron chi connectivity index (χ3n) is 2.79. The molecule has 102 valence electrons. The van der Waals surface area contributed by atoms with E-state index < -0.39 is 5.79 Å². The lowest BCUT2D eigenvalue weighted by atomic mass is 10.0. The Labute approximate surface area is 114 Å². The van der Waals surface area contributed by atoms with Crippen LogP contribution in [0, 0.1) is 0 Å². The highest BCUT2D eigenvalue weighted by Gasteiger charge is 2.21. The van der Waals surface area contributed by atoms with E-state index >= 15 is 0 Å². The molecule has 3 nitrogen and oxygen atoms in total. The van der Waals surface area contributed by atoms with Gasteiger partial charge in [-0.15, -0.1) is 0 Å². The molecule has 0 aromatic heterocycles. The van der Waals surface area contributed by atoms with Crippen LogP contribution in [0.25, 0.3) is 0 Å². The predicted molar refractivity (Wildman–Crippen MR) is 78.8 cm³/mol. The van der Waals surface area contributed by atoms with Crippen LogP contribution in [0.4, 0.5) is 5.69 Å². The average molecular weight is 259 g/mol. The van der Waals surface area contributed by atoms with Crippen molar-refractivity contribution in [1.82, 2.24) is 0 Å². The van der Waals surface area contributed by atoms with Crippen molar-refractivity contribution in [2.45, 2.75) is 19.1 Å². The highest BCUT2D eigenvalue weighted by atomic mass is 16.5. The normalized spacial score (nSPS) is 10.3. The summed E-state index contributed by atoms with van der Waals surface area (Å²) in [4.78, 5) is 0. The molecule has 0 spiro atoms. The van der Waals surface area contributed by atoms with Gasteiger partial charge in [-0.3, -0.25) is 0 Å². The maximum atomic E-state index is 9.35. The molecule has 0 bridgehead atoms. The van der Waals surface area contributed by atoms with Crippen molar-refractivity contribution in [1.29, 1.82) is 0 Å². The van der Waals surface area contributed by atoms with Gasteiger partial charge in [0, 0.05) is 24.7 Å². The van der Waals surface area contributed by atoms with Crippen LogP contribution in [0.2, 0.25) is 0 Å². The average Bonchev–Trinajstić information content (AvgIpc) is 2.49. The second kappa shape index (κ2) is 7.56. The van der Waals surface area contributed by atoms with E-state index in [0.717, 1.165) is 5.69 Å². The smallest absolute Gasteiger partial charge is 0.189 e. The van der Waals surface area contributed by atoms with Gasteiger partial charge in [0.25, 0.3) is 0 Å². The van der Waals surface area contributed by atoms with Crippen LogP contribution in [0.1, 0.15) is 18.9 Å². The Morgan fingerprint density at radius 1 is 0.895 bits per heavy atom. The van der Waals surface area contributed by atoms with E-state index in [0.29, 0.717) is 12.0 Å². The zero-order valence-corrected chi connectivity index (χ0v) is 11.4. The van der Waals surface area contributed by atoms with Crippen LogP contribution in [0.15, 0.2) is 60.7 Å². The van der Waals surface area contributed by atoms with E-state index in [9.17, 15) is 10.2 Å². The van der Waals surface area contributed by atoms with Gasteiger partial charge < -0.3 is 15.5 Å². The molecule has 0 fully saturated rings. The lowest BCUT2D eigenvalue weighted by molar-refractivity contribution is -0.171. The Morgan fingerprint density at radius 2 is 1.37 bits per heavy atom. The number of hydrogen-bond acceptors (Lipinski definition) is 3. The first-order chi connectivity index (χ1) is 9.10. The summed E-state index contributed by atoms with van der Waals surface area (Å²) in [6, 6.07) is 18.9. The fourth-order valence-corrected chi connectivity index (χ4v) is 1.51. The first kappa shape index (κ1) is 15.2. The van der Waals surface area contributed by atoms with E-state index in [1.54, 1.807) is 31.2 Å². The molecule has 0 aliphatic rings. The number of anilines is 1. The maximum absolute atomic E-state index is 9.35. The first-order valence-electron chi connectivity index (χ1n) is 6.33. The van der Waals surface area contributed by atoms with Crippen molar-refractivity contribution >= 4 is 5.69 Å². The molecule has 2 aromatic carbocycles. The molecular formula is C16H21NO2. The molecule has 0 aliphatic carbocycles. The third kappa shape index (κ3) is 5.12. The van der Waals surface area contributed by atoms with Crippen molar-refractivity contribution in [3.63, 3.8) is 0 Å². The van der Waals surface area contributed by atoms with Crippen molar-refractivity contribution in [3.8, 4) is 0 Å². The van der Waals surface area contributed by atoms with Gasteiger partial charge in [0.15, 0.2) is 5.79 Å². The van der Waals surface area contributed by atoms with Crippen molar-refractivity contribution < 1.29 is 10.2 Å². The zero-order valence-electron chi connectivity index (χ0n) is 11.4. The predicted octanol–water partition coefficient (Wildman–Crippen LogP) is 2.96. The zero-order chi connectivity index (χ0) is 14.1. The van der Waals surface area contributed by atoms with Crippen molar-refractivity contribution in [2.24, 2.45) is 0 Å². The fourth-order valence-electron chi connectivity index (χ4n) is 1.51. The first-order valence-corrected chi connectivity index (χ1v) is 6.33. The molecule has 0 saturated carbocycles. The Kier molecular flexibility index (Phi) is 6.06. The second-order valence-corrected chi connectivity index (χ2v) is 4.15. The number of para-hydroxylation sites is 1. The van der Waals surface area contributed by atoms with Crippen LogP contribution in [0.5, 0.6) is 0 Å². The quantitative estimate of drug-likeness (QED) is 0.743. The molecule has 0 aliphatic heterocycles. The minimum atomic E-state index is -1.67. The minimum absolute atomic E-state index is 0.303. The Hall–Kier alpha value is -1.84. The molecule has 19 heavy (non-hydrogen) atoms. The van der Waals surface area contributed by atoms with Gasteiger partial charge in [-0.2, -0.15) is 0 Å². The number of aliphatic hydroxyl groups is 2. The van der Waals surface area contributed by atoms with E-state index in [1.165, 1.54) is 0 Å². The topological polar surface area (TPSA) is 52.5 Å². The summed E-state index contributed by atoms with van der Waals surface area (Å²) in [6.07, 6.45) is 0.303. The summed E-state index contributed by atoms with van der Waals surface area (Å²) in [5.41, 5.74) is 1.70. The minimum Gasteiger partial charge on any atom is -0.388 e. The van der Waals surface area contributed by atoms with Gasteiger partial charge in [-0.1, -0.05) is 55.5 Å². The molecule has 0 radical (unpaired) electrons. The Balaban J connectivity index is 0.000000200. The summed E-state index contributed by atoms with van der Waals surface area (Å²) < 4.78 is 0. The molecule has 2 rings (SSSR count).